The summed E-state index contributed by atoms with van der Waals surface area (Å²) in [6, 6.07) is -0.0868. The number of carbonyl (C=O) groups is 1. The van der Waals surface area contributed by atoms with E-state index in [4.69, 9.17) is 10.9 Å². The number of hydrogen-bond donors (Lipinski definition) is 2. The van der Waals surface area contributed by atoms with E-state index in [1.807, 2.05) is 25.7 Å². The topological polar surface area (TPSA) is 82.2 Å². The summed E-state index contributed by atoms with van der Waals surface area (Å²) in [5.74, 6) is 0.456. The van der Waals surface area contributed by atoms with Gasteiger partial charge in [-0.15, -0.1) is 0 Å². The lowest BCUT2D eigenvalue weighted by molar-refractivity contribution is -0.136. The van der Waals surface area contributed by atoms with Crippen molar-refractivity contribution in [2.24, 2.45) is 16.8 Å². The molecule has 1 atom stereocenters. The zero-order valence-electron chi connectivity index (χ0n) is 10.8. The summed E-state index contributed by atoms with van der Waals surface area (Å²) in [5.41, 5.74) is 5.57. The van der Waals surface area contributed by atoms with Gasteiger partial charge < -0.3 is 15.8 Å². The van der Waals surface area contributed by atoms with Crippen molar-refractivity contribution in [3.8, 4) is 0 Å². The van der Waals surface area contributed by atoms with Crippen LogP contribution in [-0.2, 0) is 4.79 Å². The molecule has 1 amide bonds. The molecule has 1 heterocycles. The molecule has 1 unspecified atom stereocenters. The minimum Gasteiger partial charge on any atom is -0.409 e. The molecule has 0 spiro atoms. The highest BCUT2D eigenvalue weighted by molar-refractivity contribution is 5.84. The maximum absolute atomic E-state index is 11.8. The third kappa shape index (κ3) is 3.33. The lowest BCUT2D eigenvalue weighted by Gasteiger charge is -2.38. The highest BCUT2D eigenvalue weighted by Crippen LogP contribution is 2.09. The third-order valence-electron chi connectivity index (χ3n) is 3.21. The van der Waals surface area contributed by atoms with Gasteiger partial charge in [-0.3, -0.25) is 9.69 Å². The van der Waals surface area contributed by atoms with E-state index in [1.165, 1.54) is 0 Å². The zero-order valence-corrected chi connectivity index (χ0v) is 10.8. The second-order valence-electron chi connectivity index (χ2n) is 4.72. The average molecular weight is 242 g/mol. The summed E-state index contributed by atoms with van der Waals surface area (Å²) in [7, 11) is 0. The van der Waals surface area contributed by atoms with Crippen molar-refractivity contribution in [2.45, 2.75) is 26.8 Å². The van der Waals surface area contributed by atoms with E-state index in [0.717, 1.165) is 13.1 Å². The van der Waals surface area contributed by atoms with Gasteiger partial charge >= 0.3 is 0 Å². The van der Waals surface area contributed by atoms with Crippen molar-refractivity contribution >= 4 is 11.7 Å². The molecule has 17 heavy (non-hydrogen) atoms. The number of nitrogens with zero attached hydrogens (tertiary/aromatic N) is 3. The summed E-state index contributed by atoms with van der Waals surface area (Å²) in [6.07, 6.45) is 0. The first kappa shape index (κ1) is 13.8. The Balaban J connectivity index is 2.48. The highest BCUT2D eigenvalue weighted by atomic mass is 16.4. The second-order valence-corrected chi connectivity index (χ2v) is 4.72. The lowest BCUT2D eigenvalue weighted by atomic mass is 10.1. The van der Waals surface area contributed by atoms with Crippen molar-refractivity contribution in [2.75, 3.05) is 26.2 Å². The molecular weight excluding hydrogens is 220 g/mol. The number of amides is 1. The molecule has 0 aromatic heterocycles. The van der Waals surface area contributed by atoms with Gasteiger partial charge in [0.2, 0.25) is 5.91 Å². The fourth-order valence-corrected chi connectivity index (χ4v) is 1.97. The van der Waals surface area contributed by atoms with Crippen LogP contribution in [0.1, 0.15) is 20.8 Å². The summed E-state index contributed by atoms with van der Waals surface area (Å²) < 4.78 is 0. The van der Waals surface area contributed by atoms with Crippen LogP contribution in [0.15, 0.2) is 5.16 Å². The van der Waals surface area contributed by atoms with Gasteiger partial charge in [0.1, 0.15) is 0 Å². The number of rotatable bonds is 3. The number of nitrogens with two attached hydrogens (primary N) is 1. The van der Waals surface area contributed by atoms with Crippen molar-refractivity contribution < 1.29 is 10.0 Å². The number of amidine groups is 1. The van der Waals surface area contributed by atoms with E-state index in [2.05, 4.69) is 10.1 Å². The van der Waals surface area contributed by atoms with Crippen LogP contribution in [-0.4, -0.2) is 59.0 Å². The molecule has 0 aliphatic carbocycles. The number of hydrogen-bond acceptors (Lipinski definition) is 4. The van der Waals surface area contributed by atoms with Gasteiger partial charge in [0.15, 0.2) is 5.84 Å². The summed E-state index contributed by atoms with van der Waals surface area (Å²) in [6.45, 7) is 8.66. The van der Waals surface area contributed by atoms with Crippen molar-refractivity contribution in [3.63, 3.8) is 0 Å². The number of oxime groups is 1. The van der Waals surface area contributed by atoms with Crippen LogP contribution < -0.4 is 5.73 Å². The van der Waals surface area contributed by atoms with Gasteiger partial charge in [0, 0.05) is 32.1 Å². The highest BCUT2D eigenvalue weighted by Gasteiger charge is 2.26. The zero-order chi connectivity index (χ0) is 13.0. The molecule has 0 saturated carbocycles. The number of piperazine rings is 1. The molecule has 1 fully saturated rings. The van der Waals surface area contributed by atoms with Crippen LogP contribution in [0.2, 0.25) is 0 Å². The average Bonchev–Trinajstić information content (AvgIpc) is 2.36. The smallest absolute Gasteiger partial charge is 0.225 e. The molecule has 6 heteroatoms. The molecule has 0 radical (unpaired) electrons. The molecule has 0 bridgehead atoms. The first-order valence-electron chi connectivity index (χ1n) is 5.97. The first-order valence-corrected chi connectivity index (χ1v) is 5.97. The normalized spacial score (nSPS) is 20.7. The predicted octanol–water partition coefficient (Wildman–Crippen LogP) is -0.0785. The minimum absolute atomic E-state index is 0.0445. The van der Waals surface area contributed by atoms with Crippen LogP contribution in [0, 0.1) is 5.92 Å². The molecule has 1 aliphatic heterocycles. The minimum atomic E-state index is -0.0868. The summed E-state index contributed by atoms with van der Waals surface area (Å²) in [5, 5.41) is 11.6. The molecular formula is C11H22N4O2. The fourth-order valence-electron chi connectivity index (χ4n) is 1.97. The van der Waals surface area contributed by atoms with E-state index in [-0.39, 0.29) is 23.7 Å². The third-order valence-corrected chi connectivity index (χ3v) is 3.21. The van der Waals surface area contributed by atoms with Crippen LogP contribution >= 0.6 is 0 Å². The SMILES string of the molecule is CC(C)C(=O)N1CCN(C(C)C(N)=NO)CC1. The molecule has 1 saturated heterocycles. The van der Waals surface area contributed by atoms with Gasteiger partial charge in [-0.05, 0) is 6.92 Å². The van der Waals surface area contributed by atoms with Crippen LogP contribution in [0.3, 0.4) is 0 Å². The fraction of sp³-hybridized carbons (Fsp3) is 0.818. The Morgan fingerprint density at radius 3 is 2.18 bits per heavy atom. The van der Waals surface area contributed by atoms with Gasteiger partial charge in [0.05, 0.1) is 6.04 Å². The maximum Gasteiger partial charge on any atom is 0.225 e. The standard InChI is InChI=1S/C11H22N4O2/c1-8(2)11(16)15-6-4-14(5-7-15)9(3)10(12)13-17/h8-9,17H,4-7H2,1-3H3,(H2,12,13). The molecule has 98 valence electrons. The van der Waals surface area contributed by atoms with E-state index < -0.39 is 0 Å². The Bertz CT molecular complexity index is 296. The molecule has 0 aromatic carbocycles. The van der Waals surface area contributed by atoms with Crippen molar-refractivity contribution in [1.29, 1.82) is 0 Å². The van der Waals surface area contributed by atoms with Crippen LogP contribution in [0.25, 0.3) is 0 Å². The summed E-state index contributed by atoms with van der Waals surface area (Å²) in [4.78, 5) is 15.8. The largest absolute Gasteiger partial charge is 0.409 e. The van der Waals surface area contributed by atoms with Crippen LogP contribution in [0.4, 0.5) is 0 Å². The molecule has 1 rings (SSSR count). The Labute approximate surface area is 102 Å². The summed E-state index contributed by atoms with van der Waals surface area (Å²) >= 11 is 0. The molecule has 0 aromatic rings. The van der Waals surface area contributed by atoms with Gasteiger partial charge in [-0.2, -0.15) is 0 Å². The molecule has 3 N–H and O–H groups in total. The van der Waals surface area contributed by atoms with Crippen LogP contribution in [0.5, 0.6) is 0 Å². The predicted molar refractivity (Wildman–Crippen MR) is 65.9 cm³/mol. The monoisotopic (exact) mass is 242 g/mol. The van der Waals surface area contributed by atoms with Crippen molar-refractivity contribution in [3.05, 3.63) is 0 Å². The molecule has 1 aliphatic rings. The second kappa shape index (κ2) is 5.86. The Hall–Kier alpha value is -1.30. The van der Waals surface area contributed by atoms with E-state index in [0.29, 0.717) is 13.1 Å². The Kier molecular flexibility index (Phi) is 4.74. The number of carbonyl (C=O) groups excluding carboxylic acids is 1. The molecule has 6 nitrogen and oxygen atoms in total. The van der Waals surface area contributed by atoms with E-state index in [9.17, 15) is 4.79 Å². The first-order chi connectivity index (χ1) is 7.97. The Morgan fingerprint density at radius 1 is 1.24 bits per heavy atom. The Morgan fingerprint density at radius 2 is 1.76 bits per heavy atom. The van der Waals surface area contributed by atoms with Gasteiger partial charge in [0.25, 0.3) is 0 Å². The van der Waals surface area contributed by atoms with E-state index in [1.54, 1.807) is 0 Å². The maximum atomic E-state index is 11.8. The van der Waals surface area contributed by atoms with Gasteiger partial charge in [-0.25, -0.2) is 0 Å². The van der Waals surface area contributed by atoms with Gasteiger partial charge in [-0.1, -0.05) is 19.0 Å². The lowest BCUT2D eigenvalue weighted by Crippen LogP contribution is -2.54. The van der Waals surface area contributed by atoms with Crippen molar-refractivity contribution in [1.82, 2.24) is 9.80 Å². The van der Waals surface area contributed by atoms with E-state index >= 15 is 0 Å². The quantitative estimate of drug-likeness (QED) is 0.314.